The van der Waals surface area contributed by atoms with Gasteiger partial charge in [0.2, 0.25) is 11.8 Å². The molecule has 2 aliphatic rings. The monoisotopic (exact) mass is 644 g/mol. The van der Waals surface area contributed by atoms with E-state index in [0.717, 1.165) is 30.8 Å². The summed E-state index contributed by atoms with van der Waals surface area (Å²) in [5.74, 6) is -0.286. The van der Waals surface area contributed by atoms with Crippen molar-refractivity contribution in [3.8, 4) is 11.4 Å². The first-order valence-electron chi connectivity index (χ1n) is 15.1. The van der Waals surface area contributed by atoms with Gasteiger partial charge in [0.05, 0.1) is 30.9 Å². The zero-order valence-corrected chi connectivity index (χ0v) is 26.0. The fourth-order valence-electron chi connectivity index (χ4n) is 5.40. The minimum atomic E-state index is -4.68. The average molecular weight is 645 g/mol. The van der Waals surface area contributed by atoms with Gasteiger partial charge >= 0.3 is 6.18 Å². The Hall–Kier alpha value is -4.28. The molecule has 0 bridgehead atoms. The van der Waals surface area contributed by atoms with Crippen LogP contribution in [0.25, 0.3) is 16.9 Å². The van der Waals surface area contributed by atoms with E-state index in [2.05, 4.69) is 25.3 Å². The van der Waals surface area contributed by atoms with E-state index in [1.54, 1.807) is 21.7 Å². The number of carbonyl (C=O) groups excluding carboxylic acids is 2. The summed E-state index contributed by atoms with van der Waals surface area (Å²) in [6.45, 7) is 5.58. The number of nitrogen functional groups attached to an aromatic ring is 1. The van der Waals surface area contributed by atoms with Crippen molar-refractivity contribution in [2.75, 3.05) is 90.3 Å². The van der Waals surface area contributed by atoms with Gasteiger partial charge in [-0.2, -0.15) is 13.2 Å². The Morgan fingerprint density at radius 1 is 1.11 bits per heavy atom. The molecule has 13 nitrogen and oxygen atoms in total. The number of nitrogens with zero attached hydrogens (tertiary/aromatic N) is 8. The van der Waals surface area contributed by atoms with Crippen LogP contribution in [0.15, 0.2) is 36.7 Å². The van der Waals surface area contributed by atoms with Crippen molar-refractivity contribution in [3.05, 3.63) is 47.8 Å². The highest BCUT2D eigenvalue weighted by atomic mass is 19.4. The topological polar surface area (TPSA) is 137 Å². The lowest BCUT2D eigenvalue weighted by Crippen LogP contribution is -2.50. The zero-order valence-electron chi connectivity index (χ0n) is 26.0. The van der Waals surface area contributed by atoms with Crippen molar-refractivity contribution < 1.29 is 27.5 Å². The van der Waals surface area contributed by atoms with Crippen LogP contribution in [0.2, 0.25) is 0 Å². The fourth-order valence-corrected chi connectivity index (χ4v) is 5.40. The molecule has 0 aliphatic carbocycles. The molecule has 0 spiro atoms. The summed E-state index contributed by atoms with van der Waals surface area (Å²) in [7, 11) is 3.92. The number of pyridine rings is 1. The number of rotatable bonds is 10. The third-order valence-corrected chi connectivity index (χ3v) is 7.84. The summed E-state index contributed by atoms with van der Waals surface area (Å²) in [5, 5.41) is 7.13. The maximum Gasteiger partial charge on any atom is 0.417 e. The smallest absolute Gasteiger partial charge is 0.384 e. The number of hydrogen-bond acceptors (Lipinski definition) is 10. The lowest BCUT2D eigenvalue weighted by molar-refractivity contribution is -0.137. The van der Waals surface area contributed by atoms with Crippen LogP contribution in [0.4, 0.5) is 24.8 Å². The first-order chi connectivity index (χ1) is 22.0. The molecule has 3 aromatic heterocycles. The van der Waals surface area contributed by atoms with Crippen molar-refractivity contribution in [1.29, 1.82) is 0 Å². The van der Waals surface area contributed by atoms with Crippen LogP contribution in [0.1, 0.15) is 17.5 Å². The number of aromatic nitrogens is 4. The number of halogens is 3. The maximum atomic E-state index is 14.0. The number of morpholine rings is 1. The Labute approximate surface area is 264 Å². The molecule has 3 N–H and O–H groups in total. The Bertz CT molecular complexity index is 1560. The number of ether oxygens (including phenoxy) is 1. The zero-order chi connectivity index (χ0) is 32.8. The normalized spacial score (nSPS) is 16.6. The molecule has 0 radical (unpaired) electrons. The Morgan fingerprint density at radius 3 is 2.54 bits per heavy atom. The van der Waals surface area contributed by atoms with Crippen LogP contribution in [0, 0.1) is 0 Å². The van der Waals surface area contributed by atoms with E-state index in [9.17, 15) is 22.8 Å². The largest absolute Gasteiger partial charge is 0.417 e. The number of anilines is 2. The van der Waals surface area contributed by atoms with Gasteiger partial charge in [0, 0.05) is 64.8 Å². The SMILES string of the molecule is CN(C)CC/C=C/C(=O)NCC(=O)N1CCN(Cc2cc3c(N4CCOCC4)nc(-c4cnc(N)cc4C(F)(F)F)nn3c2)CC1. The van der Waals surface area contributed by atoms with Gasteiger partial charge in [0.15, 0.2) is 11.6 Å². The maximum absolute atomic E-state index is 14.0. The van der Waals surface area contributed by atoms with Crippen LogP contribution in [-0.4, -0.2) is 126 Å². The third-order valence-electron chi connectivity index (χ3n) is 7.84. The molecular weight excluding hydrogens is 605 g/mol. The molecule has 2 aliphatic heterocycles. The van der Waals surface area contributed by atoms with Crippen molar-refractivity contribution in [2.24, 2.45) is 0 Å². The second-order valence-electron chi connectivity index (χ2n) is 11.6. The number of carbonyl (C=O) groups is 2. The summed E-state index contributed by atoms with van der Waals surface area (Å²) < 4.78 is 48.9. The standard InChI is InChI=1S/C30H39F3N10O3/c1-39(2)6-4-3-5-26(44)36-18-27(45)41-9-7-40(8-10-41)19-21-15-24-29(42-11-13-46-14-12-42)37-28(38-43(24)20-21)22-17-35-25(34)16-23(22)30(31,32)33/h3,5,15-17,20H,4,6-14,18-19H2,1-2H3,(H2,34,35)(H,36,44)/b5-3+. The highest BCUT2D eigenvalue weighted by molar-refractivity contribution is 5.91. The molecule has 0 aromatic carbocycles. The number of nitrogens with two attached hydrogens (primary N) is 1. The summed E-state index contributed by atoms with van der Waals surface area (Å²) >= 11 is 0. The number of piperazine rings is 1. The van der Waals surface area contributed by atoms with Gasteiger partial charge in [-0.05, 0) is 44.3 Å². The molecule has 0 saturated carbocycles. The summed E-state index contributed by atoms with van der Waals surface area (Å²) in [4.78, 5) is 41.2. The highest BCUT2D eigenvalue weighted by Gasteiger charge is 2.36. The molecule has 2 saturated heterocycles. The van der Waals surface area contributed by atoms with Gasteiger partial charge < -0.3 is 30.5 Å². The molecule has 16 heteroatoms. The predicted molar refractivity (Wildman–Crippen MR) is 166 cm³/mol. The highest BCUT2D eigenvalue weighted by Crippen LogP contribution is 2.37. The van der Waals surface area contributed by atoms with Gasteiger partial charge in [-0.15, -0.1) is 5.10 Å². The van der Waals surface area contributed by atoms with Gasteiger partial charge in [0.25, 0.3) is 0 Å². The molecule has 3 aromatic rings. The molecule has 248 valence electrons. The number of amides is 2. The lowest BCUT2D eigenvalue weighted by atomic mass is 10.1. The van der Waals surface area contributed by atoms with E-state index >= 15 is 0 Å². The molecule has 2 amide bonds. The molecule has 5 rings (SSSR count). The number of fused-ring (bicyclic) bond motifs is 1. The van der Waals surface area contributed by atoms with Crippen LogP contribution in [0.3, 0.4) is 0 Å². The Balaban J connectivity index is 1.27. The van der Waals surface area contributed by atoms with Gasteiger partial charge in [-0.1, -0.05) is 6.08 Å². The van der Waals surface area contributed by atoms with Crippen molar-refractivity contribution in [3.63, 3.8) is 0 Å². The van der Waals surface area contributed by atoms with Crippen molar-refractivity contribution >= 4 is 29.0 Å². The molecular formula is C30H39F3N10O3. The average Bonchev–Trinajstić information content (AvgIpc) is 3.44. The Morgan fingerprint density at radius 2 is 1.85 bits per heavy atom. The molecule has 2 fully saturated rings. The van der Waals surface area contributed by atoms with E-state index < -0.39 is 11.7 Å². The van der Waals surface area contributed by atoms with Crippen LogP contribution in [-0.2, 0) is 27.0 Å². The number of nitrogens with one attached hydrogen (secondary N) is 1. The summed E-state index contributed by atoms with van der Waals surface area (Å²) in [6.07, 6.45) is 2.16. The van der Waals surface area contributed by atoms with Crippen LogP contribution in [0.5, 0.6) is 0 Å². The second kappa shape index (κ2) is 14.4. The quantitative estimate of drug-likeness (QED) is 0.313. The van der Waals surface area contributed by atoms with E-state index in [-0.39, 0.29) is 35.6 Å². The number of alkyl halides is 3. The molecule has 46 heavy (non-hydrogen) atoms. The molecule has 0 unspecified atom stereocenters. The lowest BCUT2D eigenvalue weighted by Gasteiger charge is -2.34. The van der Waals surface area contributed by atoms with E-state index in [4.69, 9.17) is 10.5 Å². The van der Waals surface area contributed by atoms with E-state index in [1.807, 2.05) is 30.0 Å². The molecule has 0 atom stereocenters. The third kappa shape index (κ3) is 8.30. The van der Waals surface area contributed by atoms with Crippen LogP contribution >= 0.6 is 0 Å². The van der Waals surface area contributed by atoms with Crippen LogP contribution < -0.4 is 16.0 Å². The summed E-state index contributed by atoms with van der Waals surface area (Å²) in [5.41, 5.74) is 5.94. The van der Waals surface area contributed by atoms with Crippen molar-refractivity contribution in [2.45, 2.75) is 19.1 Å². The second-order valence-corrected chi connectivity index (χ2v) is 11.6. The first-order valence-corrected chi connectivity index (χ1v) is 15.1. The van der Waals surface area contributed by atoms with Gasteiger partial charge in [0.1, 0.15) is 11.3 Å². The first kappa shape index (κ1) is 33.1. The van der Waals surface area contributed by atoms with E-state index in [0.29, 0.717) is 70.4 Å². The summed E-state index contributed by atoms with van der Waals surface area (Å²) in [6, 6.07) is 2.74. The number of hydrogen-bond donors (Lipinski definition) is 2. The molecule has 5 heterocycles. The fraction of sp³-hybridized carbons (Fsp3) is 0.500. The minimum Gasteiger partial charge on any atom is -0.384 e. The van der Waals surface area contributed by atoms with Gasteiger partial charge in [-0.25, -0.2) is 14.5 Å². The van der Waals surface area contributed by atoms with E-state index in [1.165, 1.54) is 6.08 Å². The van der Waals surface area contributed by atoms with Gasteiger partial charge in [-0.3, -0.25) is 14.5 Å². The van der Waals surface area contributed by atoms with Crippen molar-refractivity contribution in [1.82, 2.24) is 39.6 Å². The minimum absolute atomic E-state index is 0.0629. The Kier molecular flexibility index (Phi) is 10.4. The predicted octanol–water partition coefficient (Wildman–Crippen LogP) is 1.50.